The van der Waals surface area contributed by atoms with Gasteiger partial charge < -0.3 is 10.2 Å². The van der Waals surface area contributed by atoms with Crippen molar-refractivity contribution in [1.29, 1.82) is 0 Å². The van der Waals surface area contributed by atoms with E-state index in [1.54, 1.807) is 35.3 Å². The molecular weight excluding hydrogens is 370 g/mol. The lowest BCUT2D eigenvalue weighted by molar-refractivity contribution is -0.126. The van der Waals surface area contributed by atoms with Gasteiger partial charge in [-0.3, -0.25) is 9.59 Å². The van der Waals surface area contributed by atoms with E-state index in [1.807, 2.05) is 17.5 Å². The lowest BCUT2D eigenvalue weighted by Crippen LogP contribution is -2.49. The molecule has 0 unspecified atom stereocenters. The number of hydrogen-bond donors (Lipinski definition) is 1. The number of hydrogen-bond acceptors (Lipinski definition) is 4. The van der Waals surface area contributed by atoms with Crippen molar-refractivity contribution in [2.24, 2.45) is 0 Å². The number of thiophene rings is 1. The molecule has 1 saturated carbocycles. The number of nitrogens with zero attached hydrogens (tertiary/aromatic N) is 2. The highest BCUT2D eigenvalue weighted by Crippen LogP contribution is 2.20. The first-order chi connectivity index (χ1) is 12.5. The van der Waals surface area contributed by atoms with Crippen LogP contribution in [0.4, 0.5) is 0 Å². The van der Waals surface area contributed by atoms with Crippen molar-refractivity contribution in [3.05, 3.63) is 51.4 Å². The molecular formula is C19H22ClN3O2S. The molecule has 0 aliphatic heterocycles. The van der Waals surface area contributed by atoms with E-state index in [4.69, 9.17) is 11.6 Å². The predicted molar refractivity (Wildman–Crippen MR) is 103 cm³/mol. The van der Waals surface area contributed by atoms with Gasteiger partial charge >= 0.3 is 0 Å². The van der Waals surface area contributed by atoms with Gasteiger partial charge in [-0.15, -0.1) is 11.3 Å². The molecule has 0 spiro atoms. The van der Waals surface area contributed by atoms with Crippen LogP contribution in [0.25, 0.3) is 0 Å². The second-order valence-electron chi connectivity index (χ2n) is 6.55. The first kappa shape index (κ1) is 18.9. The number of carbonyl (C=O) groups excluding carboxylic acids is 2. The molecule has 138 valence electrons. The van der Waals surface area contributed by atoms with Crippen molar-refractivity contribution in [3.8, 4) is 0 Å². The summed E-state index contributed by atoms with van der Waals surface area (Å²) in [5.41, 5.74) is 0.423. The van der Waals surface area contributed by atoms with Gasteiger partial charge in [0.25, 0.3) is 5.91 Å². The maximum Gasteiger partial charge on any atom is 0.256 e. The van der Waals surface area contributed by atoms with E-state index in [-0.39, 0.29) is 17.9 Å². The summed E-state index contributed by atoms with van der Waals surface area (Å²) in [5.74, 6) is -0.333. The van der Waals surface area contributed by atoms with Gasteiger partial charge in [-0.1, -0.05) is 30.5 Å². The molecule has 1 fully saturated rings. The summed E-state index contributed by atoms with van der Waals surface area (Å²) >= 11 is 7.39. The van der Waals surface area contributed by atoms with Crippen molar-refractivity contribution >= 4 is 34.8 Å². The number of pyridine rings is 1. The van der Waals surface area contributed by atoms with Gasteiger partial charge in [0, 0.05) is 17.1 Å². The first-order valence-corrected chi connectivity index (χ1v) is 10.1. The molecule has 26 heavy (non-hydrogen) atoms. The van der Waals surface area contributed by atoms with Gasteiger partial charge in [-0.2, -0.15) is 0 Å². The highest BCUT2D eigenvalue weighted by atomic mass is 35.5. The first-order valence-electron chi connectivity index (χ1n) is 8.80. The standard InChI is InChI=1S/C19H22ClN3O2S/c1-13(18(24)22-15-5-2-3-6-15)23(12-16-7-4-10-26-16)19(25)14-8-9-17(20)21-11-14/h4,7-11,13,15H,2-3,5-6,12H2,1H3,(H,22,24)/t13-/m0/s1. The number of halogens is 1. The second-order valence-corrected chi connectivity index (χ2v) is 7.97. The van der Waals surface area contributed by atoms with Gasteiger partial charge in [0.1, 0.15) is 11.2 Å². The summed E-state index contributed by atoms with van der Waals surface area (Å²) in [7, 11) is 0. The summed E-state index contributed by atoms with van der Waals surface area (Å²) in [6.07, 6.45) is 5.77. The Bertz CT molecular complexity index is 743. The zero-order valence-electron chi connectivity index (χ0n) is 14.7. The van der Waals surface area contributed by atoms with E-state index in [9.17, 15) is 9.59 Å². The fourth-order valence-corrected chi connectivity index (χ4v) is 3.97. The maximum absolute atomic E-state index is 13.0. The Morgan fingerprint density at radius 2 is 2.12 bits per heavy atom. The molecule has 2 heterocycles. The third-order valence-corrected chi connectivity index (χ3v) is 5.77. The SMILES string of the molecule is C[C@@H](C(=O)NC1CCCC1)N(Cc1cccs1)C(=O)c1ccc(Cl)nc1. The van der Waals surface area contributed by atoms with Crippen molar-refractivity contribution in [1.82, 2.24) is 15.2 Å². The highest BCUT2D eigenvalue weighted by molar-refractivity contribution is 7.09. The van der Waals surface area contributed by atoms with Crippen LogP contribution in [-0.2, 0) is 11.3 Å². The van der Waals surface area contributed by atoms with Crippen LogP contribution in [0.1, 0.15) is 47.8 Å². The fraction of sp³-hybridized carbons (Fsp3) is 0.421. The maximum atomic E-state index is 13.0. The Hall–Kier alpha value is -1.92. The second kappa shape index (κ2) is 8.64. The molecule has 2 amide bonds. The summed E-state index contributed by atoms with van der Waals surface area (Å²) in [4.78, 5) is 32.4. The van der Waals surface area contributed by atoms with Crippen LogP contribution >= 0.6 is 22.9 Å². The lowest BCUT2D eigenvalue weighted by atomic mass is 10.1. The van der Waals surface area contributed by atoms with Crippen molar-refractivity contribution in [2.45, 2.75) is 51.2 Å². The van der Waals surface area contributed by atoms with Crippen molar-refractivity contribution in [2.75, 3.05) is 0 Å². The number of aromatic nitrogens is 1. The molecule has 1 N–H and O–H groups in total. The summed E-state index contributed by atoms with van der Waals surface area (Å²) in [5, 5.41) is 5.38. The van der Waals surface area contributed by atoms with Crippen molar-refractivity contribution in [3.63, 3.8) is 0 Å². The van der Waals surface area contributed by atoms with Crippen LogP contribution in [0.15, 0.2) is 35.8 Å². The van der Waals surface area contributed by atoms with E-state index in [1.165, 1.54) is 6.20 Å². The fourth-order valence-electron chi connectivity index (χ4n) is 3.16. The number of nitrogens with one attached hydrogen (secondary N) is 1. The Morgan fingerprint density at radius 3 is 2.73 bits per heavy atom. The van der Waals surface area contributed by atoms with E-state index < -0.39 is 6.04 Å². The minimum absolute atomic E-state index is 0.108. The van der Waals surface area contributed by atoms with Gasteiger partial charge in [-0.25, -0.2) is 4.98 Å². The third-order valence-electron chi connectivity index (χ3n) is 4.69. The molecule has 7 heteroatoms. The molecule has 5 nitrogen and oxygen atoms in total. The largest absolute Gasteiger partial charge is 0.352 e. The number of carbonyl (C=O) groups is 2. The lowest BCUT2D eigenvalue weighted by Gasteiger charge is -2.29. The summed E-state index contributed by atoms with van der Waals surface area (Å²) in [6.45, 7) is 2.16. The zero-order valence-corrected chi connectivity index (χ0v) is 16.2. The van der Waals surface area contributed by atoms with E-state index in [2.05, 4.69) is 10.3 Å². The Labute approximate surface area is 162 Å². The van der Waals surface area contributed by atoms with Gasteiger partial charge in [-0.05, 0) is 43.3 Å². The molecule has 1 atom stereocenters. The van der Waals surface area contributed by atoms with Crippen LogP contribution in [0.3, 0.4) is 0 Å². The van der Waals surface area contributed by atoms with Gasteiger partial charge in [0.15, 0.2) is 0 Å². The zero-order chi connectivity index (χ0) is 18.5. The monoisotopic (exact) mass is 391 g/mol. The predicted octanol–water partition coefficient (Wildman–Crippen LogP) is 3.89. The molecule has 0 saturated heterocycles. The Morgan fingerprint density at radius 1 is 1.35 bits per heavy atom. The molecule has 2 aromatic heterocycles. The molecule has 1 aliphatic rings. The molecule has 3 rings (SSSR count). The highest BCUT2D eigenvalue weighted by Gasteiger charge is 2.29. The molecule has 1 aliphatic carbocycles. The normalized spacial score (nSPS) is 15.6. The van der Waals surface area contributed by atoms with Crippen molar-refractivity contribution < 1.29 is 9.59 Å². The number of rotatable bonds is 6. The minimum Gasteiger partial charge on any atom is -0.352 e. The average Bonchev–Trinajstić information content (AvgIpc) is 3.33. The molecule has 2 aromatic rings. The summed E-state index contributed by atoms with van der Waals surface area (Å²) < 4.78 is 0. The molecule has 0 bridgehead atoms. The summed E-state index contributed by atoms with van der Waals surface area (Å²) in [6, 6.07) is 6.78. The van der Waals surface area contributed by atoms with E-state index in [0.717, 1.165) is 30.6 Å². The van der Waals surface area contributed by atoms with Crippen LogP contribution < -0.4 is 5.32 Å². The number of amides is 2. The van der Waals surface area contributed by atoms with E-state index >= 15 is 0 Å². The smallest absolute Gasteiger partial charge is 0.256 e. The van der Waals surface area contributed by atoms with Crippen LogP contribution in [0.5, 0.6) is 0 Å². The molecule has 0 aromatic carbocycles. The van der Waals surface area contributed by atoms with E-state index in [0.29, 0.717) is 17.3 Å². The average molecular weight is 392 g/mol. The quantitative estimate of drug-likeness (QED) is 0.760. The Kier molecular flexibility index (Phi) is 6.27. The van der Waals surface area contributed by atoms with Gasteiger partial charge in [0.2, 0.25) is 5.91 Å². The third kappa shape index (κ3) is 4.62. The van der Waals surface area contributed by atoms with Gasteiger partial charge in [0.05, 0.1) is 12.1 Å². The van der Waals surface area contributed by atoms with Crippen LogP contribution in [0.2, 0.25) is 5.15 Å². The van der Waals surface area contributed by atoms with Crippen LogP contribution in [-0.4, -0.2) is 33.8 Å². The minimum atomic E-state index is -0.569. The van der Waals surface area contributed by atoms with Crippen LogP contribution in [0, 0.1) is 0 Å². The molecule has 0 radical (unpaired) electrons. The Balaban J connectivity index is 1.78. The topological polar surface area (TPSA) is 62.3 Å².